The Bertz CT molecular complexity index is 634. The number of nitrogens with two attached hydrogens (primary N) is 1. The number of hydrogen-bond donors (Lipinski definition) is 1. The van der Waals surface area contributed by atoms with Crippen LogP contribution in [0.5, 0.6) is 5.75 Å². The topological polar surface area (TPSA) is 52.3 Å². The average Bonchev–Trinajstić information content (AvgIpc) is 2.42. The Morgan fingerprint density at radius 2 is 1.45 bits per heavy atom. The smallest absolute Gasteiger partial charge is 0.284 e. The van der Waals surface area contributed by atoms with Crippen LogP contribution in [0.15, 0.2) is 54.3 Å². The lowest BCUT2D eigenvalue weighted by Crippen LogP contribution is -2.18. The maximum Gasteiger partial charge on any atom is 0.284 e. The summed E-state index contributed by atoms with van der Waals surface area (Å²) in [6, 6.07) is 13.6. The van der Waals surface area contributed by atoms with E-state index in [4.69, 9.17) is 33.7 Å². The molecule has 0 aromatic heterocycles. The summed E-state index contributed by atoms with van der Waals surface area (Å²) in [6.45, 7) is 0. The lowest BCUT2D eigenvalue weighted by Gasteiger charge is -2.07. The van der Waals surface area contributed by atoms with Crippen molar-refractivity contribution in [3.63, 3.8) is 0 Å². The molecule has 0 unspecified atom stereocenters. The highest BCUT2D eigenvalue weighted by molar-refractivity contribution is 6.30. The highest BCUT2D eigenvalue weighted by Gasteiger charge is 2.08. The van der Waals surface area contributed by atoms with E-state index in [0.717, 1.165) is 5.56 Å². The van der Waals surface area contributed by atoms with Crippen LogP contribution >= 0.6 is 23.2 Å². The first kappa shape index (κ1) is 14.4. The van der Waals surface area contributed by atoms with Gasteiger partial charge in [-0.05, 0) is 48.0 Å². The maximum atomic E-state index is 11.4. The van der Waals surface area contributed by atoms with Crippen LogP contribution < -0.4 is 10.5 Å². The Labute approximate surface area is 126 Å². The number of rotatable bonds is 4. The molecule has 3 nitrogen and oxygen atoms in total. The predicted molar refractivity (Wildman–Crippen MR) is 80.7 cm³/mol. The maximum absolute atomic E-state index is 11.4. The molecule has 2 aromatic rings. The van der Waals surface area contributed by atoms with Crippen molar-refractivity contribution in [1.29, 1.82) is 0 Å². The summed E-state index contributed by atoms with van der Waals surface area (Å²) in [7, 11) is 0. The second-order valence-electron chi connectivity index (χ2n) is 3.98. The SMILES string of the molecule is NC(=O)/C(=C/c1ccc(Cl)cc1)Oc1ccc(Cl)cc1. The van der Waals surface area contributed by atoms with E-state index in [2.05, 4.69) is 0 Å². The monoisotopic (exact) mass is 307 g/mol. The minimum atomic E-state index is -0.657. The number of benzene rings is 2. The summed E-state index contributed by atoms with van der Waals surface area (Å²) in [4.78, 5) is 11.4. The molecule has 102 valence electrons. The van der Waals surface area contributed by atoms with Gasteiger partial charge in [0.2, 0.25) is 0 Å². The van der Waals surface area contributed by atoms with Gasteiger partial charge in [0.25, 0.3) is 5.91 Å². The fourth-order valence-electron chi connectivity index (χ4n) is 1.49. The first-order valence-corrected chi connectivity index (χ1v) is 6.51. The molecule has 2 aromatic carbocycles. The number of ether oxygens (including phenoxy) is 1. The molecule has 5 heteroatoms. The molecule has 0 saturated heterocycles. The molecule has 0 radical (unpaired) electrons. The van der Waals surface area contributed by atoms with Gasteiger partial charge in [-0.15, -0.1) is 0 Å². The van der Waals surface area contributed by atoms with Gasteiger partial charge in [-0.1, -0.05) is 35.3 Å². The van der Waals surface area contributed by atoms with Gasteiger partial charge < -0.3 is 10.5 Å². The molecule has 0 atom stereocenters. The van der Waals surface area contributed by atoms with Crippen LogP contribution in [0.25, 0.3) is 6.08 Å². The molecule has 0 spiro atoms. The van der Waals surface area contributed by atoms with Gasteiger partial charge in [-0.3, -0.25) is 4.79 Å². The zero-order chi connectivity index (χ0) is 14.5. The molecule has 0 aliphatic heterocycles. The third kappa shape index (κ3) is 4.02. The largest absolute Gasteiger partial charge is 0.452 e. The summed E-state index contributed by atoms with van der Waals surface area (Å²) in [5.74, 6) is -0.141. The van der Waals surface area contributed by atoms with Crippen molar-refractivity contribution in [1.82, 2.24) is 0 Å². The average molecular weight is 308 g/mol. The molecule has 2 rings (SSSR count). The Morgan fingerprint density at radius 3 is 1.95 bits per heavy atom. The van der Waals surface area contributed by atoms with Gasteiger partial charge in [0, 0.05) is 10.0 Å². The molecular weight excluding hydrogens is 297 g/mol. The zero-order valence-corrected chi connectivity index (χ0v) is 11.9. The van der Waals surface area contributed by atoms with Crippen molar-refractivity contribution in [3.8, 4) is 5.75 Å². The fourth-order valence-corrected chi connectivity index (χ4v) is 1.74. The van der Waals surface area contributed by atoms with Crippen LogP contribution in [0.3, 0.4) is 0 Å². The Balaban J connectivity index is 2.25. The van der Waals surface area contributed by atoms with Crippen LogP contribution in [0.1, 0.15) is 5.56 Å². The van der Waals surface area contributed by atoms with Gasteiger partial charge in [0.1, 0.15) is 5.75 Å². The number of hydrogen-bond acceptors (Lipinski definition) is 2. The van der Waals surface area contributed by atoms with E-state index in [1.807, 2.05) is 0 Å². The lowest BCUT2D eigenvalue weighted by atomic mass is 10.2. The van der Waals surface area contributed by atoms with E-state index in [0.29, 0.717) is 15.8 Å². The van der Waals surface area contributed by atoms with Gasteiger partial charge in [-0.25, -0.2) is 0 Å². The Hall–Kier alpha value is -1.97. The lowest BCUT2D eigenvalue weighted by molar-refractivity contribution is -0.116. The summed E-state index contributed by atoms with van der Waals surface area (Å²) in [6.07, 6.45) is 1.55. The van der Waals surface area contributed by atoms with E-state index in [1.54, 1.807) is 54.6 Å². The number of primary amides is 1. The van der Waals surface area contributed by atoms with Crippen molar-refractivity contribution >= 4 is 35.2 Å². The van der Waals surface area contributed by atoms with E-state index in [9.17, 15) is 4.79 Å². The van der Waals surface area contributed by atoms with Gasteiger partial charge in [-0.2, -0.15) is 0 Å². The van der Waals surface area contributed by atoms with Gasteiger partial charge in [0.05, 0.1) is 0 Å². The molecule has 1 amide bonds. The summed E-state index contributed by atoms with van der Waals surface area (Å²) < 4.78 is 5.46. The summed E-state index contributed by atoms with van der Waals surface area (Å²) in [5, 5.41) is 1.20. The first-order valence-electron chi connectivity index (χ1n) is 5.75. The third-order valence-corrected chi connectivity index (χ3v) is 2.96. The molecule has 0 bridgehead atoms. The highest BCUT2D eigenvalue weighted by Crippen LogP contribution is 2.19. The minimum Gasteiger partial charge on any atom is -0.452 e. The van der Waals surface area contributed by atoms with Crippen molar-refractivity contribution in [2.24, 2.45) is 5.73 Å². The van der Waals surface area contributed by atoms with Crippen LogP contribution in [0.2, 0.25) is 10.0 Å². The minimum absolute atomic E-state index is 0.0367. The molecule has 0 heterocycles. The molecular formula is C15H11Cl2NO2. The second-order valence-corrected chi connectivity index (χ2v) is 4.85. The quantitative estimate of drug-likeness (QED) is 0.688. The molecule has 20 heavy (non-hydrogen) atoms. The standard InChI is InChI=1S/C15H11Cl2NO2/c16-11-3-1-10(2-4-11)9-14(15(18)19)20-13-7-5-12(17)6-8-13/h1-9H,(H2,18,19)/b14-9-. The molecule has 0 fully saturated rings. The predicted octanol–water partition coefficient (Wildman–Crippen LogP) is 3.90. The second kappa shape index (κ2) is 6.46. The number of amides is 1. The Morgan fingerprint density at radius 1 is 0.950 bits per heavy atom. The van der Waals surface area contributed by atoms with E-state index in [-0.39, 0.29) is 5.76 Å². The number of carbonyl (C=O) groups is 1. The van der Waals surface area contributed by atoms with Crippen molar-refractivity contribution in [3.05, 3.63) is 69.9 Å². The molecule has 0 saturated carbocycles. The first-order chi connectivity index (χ1) is 9.54. The molecule has 0 aliphatic rings. The third-order valence-electron chi connectivity index (χ3n) is 2.45. The van der Waals surface area contributed by atoms with Crippen molar-refractivity contribution in [2.45, 2.75) is 0 Å². The summed E-state index contributed by atoms with van der Waals surface area (Å²) in [5.41, 5.74) is 6.07. The van der Waals surface area contributed by atoms with Crippen molar-refractivity contribution in [2.75, 3.05) is 0 Å². The van der Waals surface area contributed by atoms with E-state index < -0.39 is 5.91 Å². The van der Waals surface area contributed by atoms with Crippen LogP contribution in [-0.4, -0.2) is 5.91 Å². The van der Waals surface area contributed by atoms with E-state index >= 15 is 0 Å². The van der Waals surface area contributed by atoms with E-state index in [1.165, 1.54) is 0 Å². The number of carbonyl (C=O) groups excluding carboxylic acids is 1. The van der Waals surface area contributed by atoms with Crippen molar-refractivity contribution < 1.29 is 9.53 Å². The van der Waals surface area contributed by atoms with Gasteiger partial charge >= 0.3 is 0 Å². The zero-order valence-electron chi connectivity index (χ0n) is 10.3. The summed E-state index contributed by atoms with van der Waals surface area (Å²) >= 11 is 11.6. The Kier molecular flexibility index (Phi) is 4.66. The van der Waals surface area contributed by atoms with Crippen LogP contribution in [0.4, 0.5) is 0 Å². The molecule has 2 N–H and O–H groups in total. The molecule has 0 aliphatic carbocycles. The van der Waals surface area contributed by atoms with Crippen LogP contribution in [-0.2, 0) is 4.79 Å². The highest BCUT2D eigenvalue weighted by atomic mass is 35.5. The van der Waals surface area contributed by atoms with Gasteiger partial charge in [0.15, 0.2) is 5.76 Å². The number of halogens is 2. The fraction of sp³-hybridized carbons (Fsp3) is 0. The van der Waals surface area contributed by atoms with Crippen LogP contribution in [0, 0.1) is 0 Å². The normalized spacial score (nSPS) is 11.2.